The minimum atomic E-state index is -4.44. The smallest absolute Gasteiger partial charge is 0.335 e. The van der Waals surface area contributed by atoms with Gasteiger partial charge in [-0.15, -0.1) is 0 Å². The molecule has 1 aliphatic carbocycles. The number of fused-ring (bicyclic) bond motifs is 1. The Bertz CT molecular complexity index is 456. The van der Waals surface area contributed by atoms with E-state index in [2.05, 4.69) is 5.32 Å². The molecule has 0 aromatic rings. The Labute approximate surface area is 134 Å². The fourth-order valence-electron chi connectivity index (χ4n) is 3.79. The first-order valence-corrected chi connectivity index (χ1v) is 8.06. The number of urea groups is 1. The average molecular weight is 335 g/mol. The highest BCUT2D eigenvalue weighted by Crippen LogP contribution is 2.39. The van der Waals surface area contributed by atoms with Crippen LogP contribution in [0.3, 0.4) is 0 Å². The van der Waals surface area contributed by atoms with Gasteiger partial charge in [0.05, 0.1) is 6.54 Å². The predicted octanol–water partition coefficient (Wildman–Crippen LogP) is 2.37. The summed E-state index contributed by atoms with van der Waals surface area (Å²) in [6, 6.07) is -0.0477. The van der Waals surface area contributed by atoms with Gasteiger partial charge in [-0.2, -0.15) is 13.2 Å². The molecule has 2 aliphatic rings. The van der Waals surface area contributed by atoms with Gasteiger partial charge in [-0.1, -0.05) is 12.8 Å². The number of hydrogen-bond donors (Lipinski definition) is 1. The van der Waals surface area contributed by atoms with E-state index in [1.165, 1.54) is 6.42 Å². The fraction of sp³-hybridized carbons (Fsp3) is 0.867. The van der Waals surface area contributed by atoms with E-state index in [0.717, 1.165) is 32.7 Å². The summed E-state index contributed by atoms with van der Waals surface area (Å²) in [7, 11) is 1.08. The summed E-state index contributed by atoms with van der Waals surface area (Å²) < 4.78 is 36.8. The Morgan fingerprint density at radius 3 is 2.57 bits per heavy atom. The van der Waals surface area contributed by atoms with Gasteiger partial charge in [-0.3, -0.25) is 4.79 Å². The molecule has 0 unspecified atom stereocenters. The molecule has 0 bridgehead atoms. The molecule has 3 amide bonds. The Morgan fingerprint density at radius 1 is 1.26 bits per heavy atom. The Kier molecular flexibility index (Phi) is 5.41. The SMILES string of the molecule is C[C@@H]1C[C@H]2CCCC[C@H]2N1C(=O)NCC(=O)N(C)CC(F)(F)F. The van der Waals surface area contributed by atoms with E-state index >= 15 is 0 Å². The second kappa shape index (κ2) is 6.97. The van der Waals surface area contributed by atoms with Gasteiger partial charge in [-0.05, 0) is 32.1 Å². The van der Waals surface area contributed by atoms with Crippen LogP contribution in [-0.4, -0.2) is 60.1 Å². The highest BCUT2D eigenvalue weighted by Gasteiger charge is 2.42. The van der Waals surface area contributed by atoms with Crippen LogP contribution in [0.15, 0.2) is 0 Å². The van der Waals surface area contributed by atoms with Crippen LogP contribution >= 0.6 is 0 Å². The minimum Gasteiger partial charge on any atom is -0.335 e. The molecule has 132 valence electrons. The van der Waals surface area contributed by atoms with E-state index in [4.69, 9.17) is 0 Å². The highest BCUT2D eigenvalue weighted by atomic mass is 19.4. The molecule has 0 aromatic heterocycles. The summed E-state index contributed by atoms with van der Waals surface area (Å²) in [6.45, 7) is 0.258. The third-order valence-corrected chi connectivity index (χ3v) is 4.81. The molecule has 8 heteroatoms. The van der Waals surface area contributed by atoms with E-state index in [1.54, 1.807) is 4.90 Å². The van der Waals surface area contributed by atoms with Crippen LogP contribution in [0.25, 0.3) is 0 Å². The number of rotatable bonds is 3. The van der Waals surface area contributed by atoms with Crippen molar-refractivity contribution in [2.24, 2.45) is 5.92 Å². The lowest BCUT2D eigenvalue weighted by atomic mass is 9.85. The Balaban J connectivity index is 1.85. The quantitative estimate of drug-likeness (QED) is 0.861. The van der Waals surface area contributed by atoms with Crippen molar-refractivity contribution in [2.45, 2.75) is 57.3 Å². The molecule has 5 nitrogen and oxygen atoms in total. The second-order valence-corrected chi connectivity index (χ2v) is 6.63. The molecule has 0 spiro atoms. The number of halogens is 3. The van der Waals surface area contributed by atoms with Crippen molar-refractivity contribution in [2.75, 3.05) is 20.1 Å². The molecule has 1 saturated heterocycles. The lowest BCUT2D eigenvalue weighted by Crippen LogP contribution is -2.50. The first-order valence-electron chi connectivity index (χ1n) is 8.06. The van der Waals surface area contributed by atoms with Gasteiger partial charge >= 0.3 is 12.2 Å². The summed E-state index contributed by atoms with van der Waals surface area (Å²) in [5, 5.41) is 2.48. The van der Waals surface area contributed by atoms with Crippen molar-refractivity contribution >= 4 is 11.9 Å². The van der Waals surface area contributed by atoms with E-state index in [1.807, 2.05) is 6.92 Å². The summed E-state index contributed by atoms with van der Waals surface area (Å²) in [5.74, 6) is -0.240. The largest absolute Gasteiger partial charge is 0.406 e. The van der Waals surface area contributed by atoms with E-state index in [-0.39, 0.29) is 18.1 Å². The van der Waals surface area contributed by atoms with Crippen molar-refractivity contribution in [3.63, 3.8) is 0 Å². The summed E-state index contributed by atoms with van der Waals surface area (Å²) in [4.78, 5) is 26.4. The summed E-state index contributed by atoms with van der Waals surface area (Å²) in [6.07, 6.45) is 0.874. The maximum Gasteiger partial charge on any atom is 0.406 e. The van der Waals surface area contributed by atoms with Gasteiger partial charge in [0.15, 0.2) is 0 Å². The first-order chi connectivity index (χ1) is 10.7. The van der Waals surface area contributed by atoms with Gasteiger partial charge in [0.2, 0.25) is 5.91 Å². The van der Waals surface area contributed by atoms with Crippen LogP contribution < -0.4 is 5.32 Å². The molecule has 0 radical (unpaired) electrons. The molecule has 1 N–H and O–H groups in total. The number of carbonyl (C=O) groups excluding carboxylic acids is 2. The molecular formula is C15H24F3N3O2. The molecule has 2 fully saturated rings. The molecule has 0 aromatic carbocycles. The molecule has 23 heavy (non-hydrogen) atoms. The zero-order valence-corrected chi connectivity index (χ0v) is 13.5. The second-order valence-electron chi connectivity index (χ2n) is 6.63. The van der Waals surface area contributed by atoms with Gasteiger partial charge in [0, 0.05) is 19.1 Å². The number of amides is 3. The zero-order valence-electron chi connectivity index (χ0n) is 13.5. The van der Waals surface area contributed by atoms with Crippen molar-refractivity contribution in [1.29, 1.82) is 0 Å². The van der Waals surface area contributed by atoms with E-state index < -0.39 is 25.2 Å². The first kappa shape index (κ1) is 17.9. The fourth-order valence-corrected chi connectivity index (χ4v) is 3.79. The van der Waals surface area contributed by atoms with Gasteiger partial charge < -0.3 is 15.1 Å². The topological polar surface area (TPSA) is 52.7 Å². The van der Waals surface area contributed by atoms with Crippen LogP contribution in [0.5, 0.6) is 0 Å². The lowest BCUT2D eigenvalue weighted by molar-refractivity contribution is -0.157. The van der Waals surface area contributed by atoms with Crippen LogP contribution in [0, 0.1) is 5.92 Å². The molecule has 3 atom stereocenters. The van der Waals surface area contributed by atoms with Crippen molar-refractivity contribution in [3.8, 4) is 0 Å². The van der Waals surface area contributed by atoms with Crippen LogP contribution in [0.4, 0.5) is 18.0 Å². The van der Waals surface area contributed by atoms with Crippen molar-refractivity contribution in [1.82, 2.24) is 15.1 Å². The van der Waals surface area contributed by atoms with Gasteiger partial charge in [0.25, 0.3) is 0 Å². The molecule has 1 aliphatic heterocycles. The minimum absolute atomic E-state index is 0.103. The number of nitrogens with zero attached hydrogens (tertiary/aromatic N) is 2. The number of hydrogen-bond acceptors (Lipinski definition) is 2. The zero-order chi connectivity index (χ0) is 17.2. The predicted molar refractivity (Wildman–Crippen MR) is 78.8 cm³/mol. The summed E-state index contributed by atoms with van der Waals surface area (Å²) in [5.41, 5.74) is 0. The number of carbonyl (C=O) groups is 2. The van der Waals surface area contributed by atoms with Crippen LogP contribution in [-0.2, 0) is 4.79 Å². The van der Waals surface area contributed by atoms with Crippen LogP contribution in [0.1, 0.15) is 39.0 Å². The molecular weight excluding hydrogens is 311 g/mol. The molecule has 1 saturated carbocycles. The van der Waals surface area contributed by atoms with Crippen LogP contribution in [0.2, 0.25) is 0 Å². The lowest BCUT2D eigenvalue weighted by Gasteiger charge is -2.33. The van der Waals surface area contributed by atoms with Crippen molar-refractivity contribution < 1.29 is 22.8 Å². The maximum atomic E-state index is 12.3. The summed E-state index contributed by atoms with van der Waals surface area (Å²) >= 11 is 0. The number of nitrogens with one attached hydrogen (secondary N) is 1. The maximum absolute atomic E-state index is 12.3. The highest BCUT2D eigenvalue weighted by molar-refractivity contribution is 5.84. The number of alkyl halides is 3. The molecule has 1 heterocycles. The monoisotopic (exact) mass is 335 g/mol. The third kappa shape index (κ3) is 4.51. The van der Waals surface area contributed by atoms with Gasteiger partial charge in [-0.25, -0.2) is 4.79 Å². The van der Waals surface area contributed by atoms with E-state index in [9.17, 15) is 22.8 Å². The van der Waals surface area contributed by atoms with Gasteiger partial charge in [0.1, 0.15) is 6.54 Å². The standard InChI is InChI=1S/C15H24F3N3O2/c1-10-7-11-5-3-4-6-12(11)21(10)14(23)19-8-13(22)20(2)9-15(16,17)18/h10-12H,3-9H2,1-2H3,(H,19,23)/t10-,11-,12-/m1/s1. The van der Waals surface area contributed by atoms with E-state index in [0.29, 0.717) is 10.8 Å². The third-order valence-electron chi connectivity index (χ3n) is 4.81. The number of likely N-dealkylation sites (tertiary alicyclic amines) is 1. The molecule has 2 rings (SSSR count). The Morgan fingerprint density at radius 2 is 1.91 bits per heavy atom. The average Bonchev–Trinajstić information content (AvgIpc) is 2.78. The Hall–Kier alpha value is -1.47. The van der Waals surface area contributed by atoms with Crippen molar-refractivity contribution in [3.05, 3.63) is 0 Å². The number of likely N-dealkylation sites (N-methyl/N-ethyl adjacent to an activating group) is 1. The normalized spacial score (nSPS) is 27.5.